The highest BCUT2D eigenvalue weighted by Crippen LogP contribution is 2.28. The number of carbonyl (C=O) groups excluding carboxylic acids is 1. The minimum atomic E-state index is -4.84. The monoisotopic (exact) mass is 427 g/mol. The minimum Gasteiger partial charge on any atom is -0.515 e. The number of hydrogen-bond acceptors (Lipinski definition) is 6. The Hall–Kier alpha value is -3.24. The fourth-order valence-corrected chi connectivity index (χ4v) is 3.54. The average Bonchev–Trinajstić information content (AvgIpc) is 2.73. The fourth-order valence-electron chi connectivity index (χ4n) is 3.54. The van der Waals surface area contributed by atoms with Crippen LogP contribution in [0.1, 0.15) is 17.0 Å². The van der Waals surface area contributed by atoms with Crippen LogP contribution in [0.5, 0.6) is 0 Å². The van der Waals surface area contributed by atoms with Gasteiger partial charge in [0.25, 0.3) is 5.90 Å². The summed E-state index contributed by atoms with van der Waals surface area (Å²) in [5.41, 5.74) is 7.03. The number of alkyl halides is 3. The van der Waals surface area contributed by atoms with Crippen LogP contribution in [0.2, 0.25) is 0 Å². The maximum Gasteiger partial charge on any atom is 0.563 e. The molecule has 0 amide bonds. The normalized spacial score (nSPS) is 14.6. The number of benzene rings is 2. The molecule has 2 heterocycles. The molecule has 0 unspecified atom stereocenters. The highest BCUT2D eigenvalue weighted by molar-refractivity contribution is 6.64. The number of aliphatic imine (C=N–C) groups is 1. The van der Waals surface area contributed by atoms with Crippen molar-refractivity contribution >= 4 is 40.7 Å². The lowest BCUT2D eigenvalue weighted by molar-refractivity contribution is -0.119. The van der Waals surface area contributed by atoms with Crippen molar-refractivity contribution in [2.45, 2.75) is 18.5 Å². The number of nitrogens with zero attached hydrogens (tertiary/aromatic N) is 2. The molecule has 3 N–H and O–H groups in total. The number of aromatic nitrogens is 1. The first-order valence-electron chi connectivity index (χ1n) is 9.46. The highest BCUT2D eigenvalue weighted by atomic mass is 19.4. The number of halogens is 3. The topological polar surface area (TPSA) is 97.8 Å². The van der Waals surface area contributed by atoms with Gasteiger partial charge in [0.1, 0.15) is 5.78 Å². The molecule has 0 bridgehead atoms. The van der Waals surface area contributed by atoms with Gasteiger partial charge in [0.2, 0.25) is 0 Å². The Morgan fingerprint density at radius 2 is 1.97 bits per heavy atom. The Bertz CT molecular complexity index is 1180. The van der Waals surface area contributed by atoms with E-state index in [9.17, 15) is 23.0 Å². The van der Waals surface area contributed by atoms with E-state index < -0.39 is 25.1 Å². The number of rotatable bonds is 5. The van der Waals surface area contributed by atoms with E-state index >= 15 is 0 Å². The van der Waals surface area contributed by atoms with Crippen molar-refractivity contribution < 1.29 is 27.6 Å². The SMILES string of the molecule is NC[C@@H](C(=O)Cc1ccc2cnccc2c1)c1ccc2c(c1)N=C(C(F)(F)F)OB2O. The number of Topliss-reactive ketones (excluding diaryl/α,β-unsaturated/α-hetero) is 1. The van der Waals surface area contributed by atoms with Gasteiger partial charge in [-0.1, -0.05) is 30.3 Å². The zero-order chi connectivity index (χ0) is 22.2. The quantitative estimate of drug-likeness (QED) is 0.610. The first-order chi connectivity index (χ1) is 14.8. The summed E-state index contributed by atoms with van der Waals surface area (Å²) >= 11 is 0. The van der Waals surface area contributed by atoms with Crippen molar-refractivity contribution in [3.8, 4) is 0 Å². The summed E-state index contributed by atoms with van der Waals surface area (Å²) in [6.45, 7) is -0.0238. The number of hydrogen-bond donors (Lipinski definition) is 2. The van der Waals surface area contributed by atoms with Crippen molar-refractivity contribution in [1.82, 2.24) is 4.98 Å². The average molecular weight is 427 g/mol. The van der Waals surface area contributed by atoms with Gasteiger partial charge in [-0.15, -0.1) is 0 Å². The van der Waals surface area contributed by atoms with Crippen LogP contribution in [0.15, 0.2) is 59.9 Å². The fraction of sp³-hybridized carbons (Fsp3) is 0.190. The molecule has 1 aromatic heterocycles. The Morgan fingerprint density at radius 3 is 2.71 bits per heavy atom. The molecular formula is C21H17BF3N3O3. The van der Waals surface area contributed by atoms with Crippen LogP contribution in [-0.2, 0) is 15.9 Å². The largest absolute Gasteiger partial charge is 0.563 e. The van der Waals surface area contributed by atoms with Gasteiger partial charge in [-0.25, -0.2) is 4.99 Å². The molecule has 3 aromatic rings. The van der Waals surface area contributed by atoms with Crippen LogP contribution >= 0.6 is 0 Å². The van der Waals surface area contributed by atoms with E-state index in [-0.39, 0.29) is 29.9 Å². The van der Waals surface area contributed by atoms with Gasteiger partial charge in [-0.05, 0) is 28.6 Å². The lowest BCUT2D eigenvalue weighted by Crippen LogP contribution is -2.43. The van der Waals surface area contributed by atoms with Crippen molar-refractivity contribution in [2.75, 3.05) is 6.54 Å². The van der Waals surface area contributed by atoms with Crippen LogP contribution in [-0.4, -0.2) is 41.5 Å². The zero-order valence-electron chi connectivity index (χ0n) is 16.1. The second-order valence-electron chi connectivity index (χ2n) is 7.19. The van der Waals surface area contributed by atoms with Gasteiger partial charge in [0.15, 0.2) is 0 Å². The van der Waals surface area contributed by atoms with Gasteiger partial charge in [0.05, 0.1) is 11.6 Å². The Morgan fingerprint density at radius 1 is 1.16 bits per heavy atom. The third-order valence-electron chi connectivity index (χ3n) is 5.12. The van der Waals surface area contributed by atoms with Crippen LogP contribution in [0.4, 0.5) is 18.9 Å². The van der Waals surface area contributed by atoms with Crippen LogP contribution in [0.25, 0.3) is 10.8 Å². The molecule has 31 heavy (non-hydrogen) atoms. The first-order valence-corrected chi connectivity index (χ1v) is 9.46. The summed E-state index contributed by atoms with van der Waals surface area (Å²) in [6, 6.07) is 11.7. The lowest BCUT2D eigenvalue weighted by Gasteiger charge is -2.22. The molecule has 1 atom stereocenters. The molecule has 1 aliphatic heterocycles. The van der Waals surface area contributed by atoms with E-state index in [1.165, 1.54) is 12.1 Å². The van der Waals surface area contributed by atoms with Crippen LogP contribution in [0, 0.1) is 0 Å². The van der Waals surface area contributed by atoms with Gasteiger partial charge in [-0.2, -0.15) is 13.2 Å². The van der Waals surface area contributed by atoms with E-state index in [1.807, 2.05) is 24.3 Å². The summed E-state index contributed by atoms with van der Waals surface area (Å²) in [4.78, 5) is 20.5. The molecule has 0 saturated heterocycles. The minimum absolute atomic E-state index is 0.0238. The standard InChI is InChI=1S/C21H17BF3N3O3/c23-21(24,25)20-28-18-9-14(3-4-17(18)22(30)31-20)16(10-26)19(29)8-12-1-2-15-11-27-6-5-13(15)7-12/h1-7,9,11,16,30H,8,10,26H2/t16-/m1/s1. The highest BCUT2D eigenvalue weighted by Gasteiger charge is 2.44. The summed E-state index contributed by atoms with van der Waals surface area (Å²) in [5.74, 6) is -2.45. The molecule has 6 nitrogen and oxygen atoms in total. The molecule has 0 saturated carbocycles. The predicted molar refractivity (Wildman–Crippen MR) is 111 cm³/mol. The number of carbonyl (C=O) groups is 1. The molecule has 2 aromatic carbocycles. The molecule has 0 aliphatic carbocycles. The van der Waals surface area contributed by atoms with E-state index in [1.54, 1.807) is 18.5 Å². The number of fused-ring (bicyclic) bond motifs is 2. The Kier molecular flexibility index (Phi) is 5.51. The first kappa shape index (κ1) is 21.0. The third-order valence-corrected chi connectivity index (χ3v) is 5.12. The van der Waals surface area contributed by atoms with E-state index in [0.29, 0.717) is 5.56 Å². The molecule has 1 aliphatic rings. The lowest BCUT2D eigenvalue weighted by atomic mass is 9.76. The zero-order valence-corrected chi connectivity index (χ0v) is 16.1. The van der Waals surface area contributed by atoms with Crippen molar-refractivity contribution in [3.05, 3.63) is 66.0 Å². The van der Waals surface area contributed by atoms with Crippen LogP contribution in [0.3, 0.4) is 0 Å². The van der Waals surface area contributed by atoms with Gasteiger partial charge in [-0.3, -0.25) is 9.78 Å². The van der Waals surface area contributed by atoms with E-state index in [0.717, 1.165) is 16.3 Å². The molecule has 0 spiro atoms. The molecule has 158 valence electrons. The Balaban J connectivity index is 1.61. The van der Waals surface area contributed by atoms with Gasteiger partial charge < -0.3 is 15.4 Å². The van der Waals surface area contributed by atoms with Crippen molar-refractivity contribution in [2.24, 2.45) is 10.7 Å². The number of pyridine rings is 1. The molecular weight excluding hydrogens is 410 g/mol. The summed E-state index contributed by atoms with van der Waals surface area (Å²) in [6.07, 6.45) is -1.34. The number of ketones is 1. The number of nitrogens with two attached hydrogens (primary N) is 1. The van der Waals surface area contributed by atoms with Crippen molar-refractivity contribution in [3.63, 3.8) is 0 Å². The van der Waals surface area contributed by atoms with E-state index in [4.69, 9.17) is 5.73 Å². The van der Waals surface area contributed by atoms with Crippen LogP contribution < -0.4 is 11.2 Å². The third kappa shape index (κ3) is 4.30. The summed E-state index contributed by atoms with van der Waals surface area (Å²) in [5, 5.41) is 11.8. The molecule has 0 radical (unpaired) electrons. The van der Waals surface area contributed by atoms with Gasteiger partial charge >= 0.3 is 13.3 Å². The second-order valence-corrected chi connectivity index (χ2v) is 7.19. The second kappa shape index (κ2) is 8.12. The Labute approximate surface area is 175 Å². The predicted octanol–water partition coefficient (Wildman–Crippen LogP) is 2.40. The van der Waals surface area contributed by atoms with Crippen molar-refractivity contribution in [1.29, 1.82) is 0 Å². The smallest absolute Gasteiger partial charge is 0.515 e. The molecule has 0 fully saturated rings. The molecule has 4 rings (SSSR count). The molecule has 10 heteroatoms. The maximum atomic E-state index is 13.0. The van der Waals surface area contributed by atoms with Gasteiger partial charge in [0, 0.05) is 36.2 Å². The van der Waals surface area contributed by atoms with E-state index in [2.05, 4.69) is 14.6 Å². The maximum absolute atomic E-state index is 13.0. The summed E-state index contributed by atoms with van der Waals surface area (Å²) in [7, 11) is -1.79. The summed E-state index contributed by atoms with van der Waals surface area (Å²) < 4.78 is 43.4.